The van der Waals surface area contributed by atoms with Gasteiger partial charge < -0.3 is 15.2 Å². The zero-order valence-electron chi connectivity index (χ0n) is 24.8. The Labute approximate surface area is 247 Å². The van der Waals surface area contributed by atoms with E-state index in [-0.39, 0.29) is 5.97 Å². The summed E-state index contributed by atoms with van der Waals surface area (Å²) in [6.45, 7) is 9.66. The summed E-state index contributed by atoms with van der Waals surface area (Å²) >= 11 is 1.53. The highest BCUT2D eigenvalue weighted by atomic mass is 32.2. The summed E-state index contributed by atoms with van der Waals surface area (Å²) in [5.41, 5.74) is 12.6. The smallest absolute Gasteiger partial charge is 0.306 e. The van der Waals surface area contributed by atoms with Crippen molar-refractivity contribution in [3.8, 4) is 22.3 Å². The third kappa shape index (κ3) is 9.29. The lowest BCUT2D eigenvalue weighted by molar-refractivity contribution is -0.176. The molecule has 3 aromatic rings. The van der Waals surface area contributed by atoms with E-state index in [1.807, 2.05) is 49.7 Å². The lowest BCUT2D eigenvalue weighted by atomic mass is 9.81. The fourth-order valence-electron chi connectivity index (χ4n) is 5.24. The van der Waals surface area contributed by atoms with E-state index in [1.165, 1.54) is 23.1 Å². The van der Waals surface area contributed by atoms with Gasteiger partial charge in [-0.2, -0.15) is 5.10 Å². The van der Waals surface area contributed by atoms with Gasteiger partial charge in [-0.25, -0.2) is 9.07 Å². The van der Waals surface area contributed by atoms with Crippen molar-refractivity contribution in [2.45, 2.75) is 83.7 Å². The number of nitrogens with zero attached hydrogens (tertiary/aromatic N) is 3. The van der Waals surface area contributed by atoms with Crippen molar-refractivity contribution in [1.29, 1.82) is 0 Å². The minimum atomic E-state index is -0.435. The highest BCUT2D eigenvalue weighted by molar-refractivity contribution is 7.97. The number of nitrogens with two attached hydrogens (primary N) is 1. The standard InChI is InChI=1S/C31H42N4O3S.H2O2/c1-21(8-6-7-9-29(36)38-31(2,3)4)27-16-23(10-11-26(27)22-12-14-37-15-13-22)24-17-28(30(32)33-18-24)25-19-34-35(20-25)39-5;1-2/h10-11,16-22H,6-9,12-15H2,1-5H3,(H2,32,33);1-2H. The summed E-state index contributed by atoms with van der Waals surface area (Å²) in [5.74, 6) is 1.25. The molecule has 9 nitrogen and oxygen atoms in total. The number of pyridine rings is 1. The number of carbonyl (C=O) groups is 1. The number of nitrogen functional groups attached to an aromatic ring is 1. The molecular weight excluding hydrogens is 540 g/mol. The number of ether oxygens (including phenoxy) is 2. The number of hydrogen-bond acceptors (Lipinski definition) is 9. The highest BCUT2D eigenvalue weighted by Crippen LogP contribution is 2.38. The van der Waals surface area contributed by atoms with Crippen molar-refractivity contribution in [3.05, 3.63) is 54.0 Å². The molecule has 3 heterocycles. The molecule has 4 rings (SSSR count). The van der Waals surface area contributed by atoms with Crippen LogP contribution < -0.4 is 5.73 Å². The van der Waals surface area contributed by atoms with Gasteiger partial charge in [-0.15, -0.1) is 0 Å². The molecule has 1 aliphatic rings. The van der Waals surface area contributed by atoms with Crippen LogP contribution in [-0.2, 0) is 14.3 Å². The van der Waals surface area contributed by atoms with Gasteiger partial charge in [0.25, 0.3) is 0 Å². The lowest BCUT2D eigenvalue weighted by Crippen LogP contribution is -2.23. The van der Waals surface area contributed by atoms with Gasteiger partial charge in [0.1, 0.15) is 11.4 Å². The van der Waals surface area contributed by atoms with Gasteiger partial charge in [-0.05, 0) is 93.0 Å². The summed E-state index contributed by atoms with van der Waals surface area (Å²) in [4.78, 5) is 16.7. The quantitative estimate of drug-likeness (QED) is 0.0976. The van der Waals surface area contributed by atoms with Crippen LogP contribution in [-0.4, -0.2) is 55.7 Å². The zero-order chi connectivity index (χ0) is 30.0. The third-order valence-corrected chi connectivity index (χ3v) is 7.85. The van der Waals surface area contributed by atoms with Crippen LogP contribution in [0.15, 0.2) is 42.9 Å². The Hall–Kier alpha value is -2.92. The summed E-state index contributed by atoms with van der Waals surface area (Å²) in [7, 11) is 0. The molecule has 0 spiro atoms. The zero-order valence-corrected chi connectivity index (χ0v) is 25.6. The van der Waals surface area contributed by atoms with Gasteiger partial charge in [-0.1, -0.05) is 31.5 Å². The topological polar surface area (TPSA) is 133 Å². The average Bonchev–Trinajstić information content (AvgIpc) is 3.45. The Morgan fingerprint density at radius 2 is 1.88 bits per heavy atom. The minimum absolute atomic E-state index is 0.116. The summed E-state index contributed by atoms with van der Waals surface area (Å²) in [5, 5.41) is 16.4. The summed E-state index contributed by atoms with van der Waals surface area (Å²) < 4.78 is 12.9. The van der Waals surface area contributed by atoms with E-state index in [0.29, 0.717) is 24.1 Å². The SMILES string of the molecule is CSn1cc(-c2cc(-c3ccc(C4CCOCC4)c(C(C)CCCCC(=O)OC(C)(C)C)c3)cnc2N)cn1.OO. The Kier molecular flexibility index (Phi) is 12.2. The Bertz CT molecular complexity index is 1270. The molecule has 4 N–H and O–H groups in total. The molecule has 41 heavy (non-hydrogen) atoms. The maximum absolute atomic E-state index is 12.2. The second-order valence-corrected chi connectivity index (χ2v) is 12.2. The molecule has 1 unspecified atom stereocenters. The first-order valence-corrected chi connectivity index (χ1v) is 15.3. The van der Waals surface area contributed by atoms with Gasteiger partial charge in [0.05, 0.1) is 6.20 Å². The lowest BCUT2D eigenvalue weighted by Gasteiger charge is -2.27. The number of aromatic nitrogens is 3. The molecule has 10 heteroatoms. The maximum atomic E-state index is 12.2. The Morgan fingerprint density at radius 1 is 1.15 bits per heavy atom. The molecule has 1 aliphatic heterocycles. The molecule has 0 saturated carbocycles. The van der Waals surface area contributed by atoms with E-state index in [1.54, 1.807) is 0 Å². The van der Waals surface area contributed by atoms with Crippen LogP contribution >= 0.6 is 11.9 Å². The number of esters is 1. The van der Waals surface area contributed by atoms with E-state index in [2.05, 4.69) is 41.3 Å². The Morgan fingerprint density at radius 3 is 2.54 bits per heavy atom. The van der Waals surface area contributed by atoms with Crippen molar-refractivity contribution in [2.75, 3.05) is 25.2 Å². The number of carbonyl (C=O) groups excluding carboxylic acids is 1. The number of hydrogen-bond donors (Lipinski definition) is 3. The van der Waals surface area contributed by atoms with Crippen molar-refractivity contribution in [3.63, 3.8) is 0 Å². The van der Waals surface area contributed by atoms with E-state index in [0.717, 1.165) is 67.6 Å². The molecule has 0 radical (unpaired) electrons. The first-order valence-electron chi connectivity index (χ1n) is 14.1. The second kappa shape index (κ2) is 15.3. The van der Waals surface area contributed by atoms with Crippen LogP contribution in [0.5, 0.6) is 0 Å². The van der Waals surface area contributed by atoms with Crippen LogP contribution in [0.2, 0.25) is 0 Å². The molecule has 1 atom stereocenters. The molecule has 0 bridgehead atoms. The van der Waals surface area contributed by atoms with Gasteiger partial charge in [0.15, 0.2) is 0 Å². The molecule has 1 fully saturated rings. The first-order chi connectivity index (χ1) is 19.6. The van der Waals surface area contributed by atoms with E-state index < -0.39 is 5.60 Å². The molecule has 0 aliphatic carbocycles. The first kappa shape index (κ1) is 32.6. The van der Waals surface area contributed by atoms with Crippen molar-refractivity contribution >= 4 is 23.7 Å². The van der Waals surface area contributed by atoms with Crippen molar-refractivity contribution in [2.24, 2.45) is 0 Å². The van der Waals surface area contributed by atoms with E-state index in [9.17, 15) is 4.79 Å². The van der Waals surface area contributed by atoms with Gasteiger partial charge in [0, 0.05) is 55.0 Å². The Balaban J connectivity index is 0.00000226. The molecule has 2 aromatic heterocycles. The predicted molar refractivity (Wildman–Crippen MR) is 165 cm³/mol. The number of benzene rings is 1. The van der Waals surface area contributed by atoms with Crippen LogP contribution in [0.1, 0.15) is 89.2 Å². The fourth-order valence-corrected chi connectivity index (χ4v) is 5.60. The van der Waals surface area contributed by atoms with Crippen LogP contribution in [0.25, 0.3) is 22.3 Å². The van der Waals surface area contributed by atoms with Gasteiger partial charge in [-0.3, -0.25) is 15.3 Å². The normalized spacial score (nSPS) is 14.7. The van der Waals surface area contributed by atoms with Crippen molar-refractivity contribution < 1.29 is 24.8 Å². The van der Waals surface area contributed by atoms with Crippen molar-refractivity contribution in [1.82, 2.24) is 14.2 Å². The molecule has 224 valence electrons. The molecular formula is C31H44N4O5S. The van der Waals surface area contributed by atoms with Crippen LogP contribution in [0.4, 0.5) is 5.82 Å². The molecule has 0 amide bonds. The summed E-state index contributed by atoms with van der Waals surface area (Å²) in [6, 6.07) is 8.97. The largest absolute Gasteiger partial charge is 0.460 e. The summed E-state index contributed by atoms with van der Waals surface area (Å²) in [6.07, 6.45) is 13.0. The second-order valence-electron chi connectivity index (χ2n) is 11.4. The van der Waals surface area contributed by atoms with E-state index in [4.69, 9.17) is 25.7 Å². The third-order valence-electron chi connectivity index (χ3n) is 7.28. The number of rotatable bonds is 10. The maximum Gasteiger partial charge on any atom is 0.306 e. The monoisotopic (exact) mass is 584 g/mol. The van der Waals surface area contributed by atoms with Gasteiger partial charge >= 0.3 is 5.97 Å². The van der Waals surface area contributed by atoms with E-state index >= 15 is 0 Å². The van der Waals surface area contributed by atoms with Crippen LogP contribution in [0.3, 0.4) is 0 Å². The van der Waals surface area contributed by atoms with Gasteiger partial charge in [0.2, 0.25) is 0 Å². The number of unbranched alkanes of at least 4 members (excludes halogenated alkanes) is 1. The predicted octanol–water partition coefficient (Wildman–Crippen LogP) is 7.24. The highest BCUT2D eigenvalue weighted by Gasteiger charge is 2.22. The molecule has 1 aromatic carbocycles. The average molecular weight is 585 g/mol. The van der Waals surface area contributed by atoms with Crippen LogP contribution in [0, 0.1) is 0 Å². The minimum Gasteiger partial charge on any atom is -0.460 e. The molecule has 1 saturated heterocycles. The fraction of sp³-hybridized carbons (Fsp3) is 0.516. The number of anilines is 1.